The zero-order chi connectivity index (χ0) is 8.04. The molecule has 0 aromatic heterocycles. The van der Waals surface area contributed by atoms with Gasteiger partial charge in [0, 0.05) is 0 Å². The molecule has 2 nitrogen and oxygen atoms in total. The molecular formula is C7H16O2S. The first-order valence-corrected chi connectivity index (χ1v) is 5.65. The molecule has 1 rings (SSSR count). The van der Waals surface area contributed by atoms with Crippen LogP contribution in [0.1, 0.15) is 33.1 Å². The minimum atomic E-state index is -2.55. The van der Waals surface area contributed by atoms with Gasteiger partial charge in [0.15, 0.2) is 0 Å². The van der Waals surface area contributed by atoms with Crippen LogP contribution in [0.25, 0.3) is 0 Å². The Morgan fingerprint density at radius 1 is 1.10 bits per heavy atom. The van der Waals surface area contributed by atoms with E-state index in [9.17, 15) is 8.42 Å². The van der Waals surface area contributed by atoms with Gasteiger partial charge < -0.3 is 0 Å². The lowest BCUT2D eigenvalue weighted by Crippen LogP contribution is -1.98. The molecule has 1 saturated heterocycles. The van der Waals surface area contributed by atoms with E-state index in [0.717, 1.165) is 12.8 Å². The smallest absolute Gasteiger partial charge is 0.150 e. The van der Waals surface area contributed by atoms with Gasteiger partial charge in [-0.1, -0.05) is 20.3 Å². The minimum Gasteiger partial charge on any atom is -0.229 e. The molecule has 10 heavy (non-hydrogen) atoms. The molecule has 0 spiro atoms. The third-order valence-corrected chi connectivity index (χ3v) is 2.98. The lowest BCUT2D eigenvalue weighted by Gasteiger charge is -1.81. The highest BCUT2D eigenvalue weighted by Crippen LogP contribution is 2.08. The monoisotopic (exact) mass is 164 g/mol. The molecule has 0 radical (unpaired) electrons. The topological polar surface area (TPSA) is 34.1 Å². The highest BCUT2D eigenvalue weighted by atomic mass is 32.2. The van der Waals surface area contributed by atoms with E-state index in [1.54, 1.807) is 0 Å². The number of hydrogen-bond donors (Lipinski definition) is 0. The molecule has 1 heterocycles. The molecule has 1 aliphatic heterocycles. The Bertz CT molecular complexity index is 146. The molecule has 0 unspecified atom stereocenters. The van der Waals surface area contributed by atoms with Crippen LogP contribution in [0, 0.1) is 0 Å². The van der Waals surface area contributed by atoms with E-state index in [-0.39, 0.29) is 0 Å². The first kappa shape index (κ1) is 9.95. The summed E-state index contributed by atoms with van der Waals surface area (Å²) in [5.41, 5.74) is 0. The largest absolute Gasteiger partial charge is 0.229 e. The normalized spacial score (nSPS) is 21.4. The van der Waals surface area contributed by atoms with Crippen LogP contribution in [0.15, 0.2) is 0 Å². The molecule has 0 bridgehead atoms. The molecule has 0 aromatic rings. The standard InChI is InChI=1S/C4H8O2S.C3H8/c5-7(6)3-1-2-4-7;1-3-2/h1-4H2;3H2,1-2H3. The van der Waals surface area contributed by atoms with Gasteiger partial charge in [0.2, 0.25) is 0 Å². The van der Waals surface area contributed by atoms with E-state index >= 15 is 0 Å². The zero-order valence-corrected chi connectivity index (χ0v) is 7.58. The van der Waals surface area contributed by atoms with Crippen LogP contribution in [0.3, 0.4) is 0 Å². The molecule has 0 saturated carbocycles. The molecule has 1 fully saturated rings. The van der Waals surface area contributed by atoms with Crippen LogP contribution in [0.4, 0.5) is 0 Å². The maximum Gasteiger partial charge on any atom is 0.150 e. The Morgan fingerprint density at radius 2 is 1.40 bits per heavy atom. The first-order chi connectivity index (χ1) is 4.62. The van der Waals surface area contributed by atoms with Gasteiger partial charge in [-0.3, -0.25) is 0 Å². The molecule has 0 aliphatic carbocycles. The Hall–Kier alpha value is -0.0500. The van der Waals surface area contributed by atoms with Crippen LogP contribution in [0.2, 0.25) is 0 Å². The summed E-state index contributed by atoms with van der Waals surface area (Å²) >= 11 is 0. The number of rotatable bonds is 0. The summed E-state index contributed by atoms with van der Waals surface area (Å²) in [4.78, 5) is 0. The Balaban J connectivity index is 0.000000236. The van der Waals surface area contributed by atoms with Gasteiger partial charge >= 0.3 is 0 Å². The quantitative estimate of drug-likeness (QED) is 0.545. The highest BCUT2D eigenvalue weighted by Gasteiger charge is 2.16. The lowest BCUT2D eigenvalue weighted by molar-refractivity contribution is 0.602. The van der Waals surface area contributed by atoms with Crippen molar-refractivity contribution in [2.45, 2.75) is 33.1 Å². The summed E-state index contributed by atoms with van der Waals surface area (Å²) in [5.74, 6) is 0.847. The average molecular weight is 164 g/mol. The predicted molar refractivity (Wildman–Crippen MR) is 43.9 cm³/mol. The van der Waals surface area contributed by atoms with Crippen LogP contribution in [0.5, 0.6) is 0 Å². The van der Waals surface area contributed by atoms with E-state index in [2.05, 4.69) is 13.8 Å². The fourth-order valence-electron chi connectivity index (χ4n) is 0.746. The fourth-order valence-corrected chi connectivity index (χ4v) is 2.24. The van der Waals surface area contributed by atoms with E-state index in [0.29, 0.717) is 11.5 Å². The number of sulfone groups is 1. The van der Waals surface area contributed by atoms with Crippen molar-refractivity contribution >= 4 is 9.84 Å². The molecule has 3 heteroatoms. The fraction of sp³-hybridized carbons (Fsp3) is 1.00. The predicted octanol–water partition coefficient (Wildman–Crippen LogP) is 1.61. The first-order valence-electron chi connectivity index (χ1n) is 3.82. The Labute approximate surface area is 63.6 Å². The second kappa shape index (κ2) is 4.72. The van der Waals surface area contributed by atoms with Crippen molar-refractivity contribution in [2.24, 2.45) is 0 Å². The SMILES string of the molecule is CCC.O=S1(=O)CCCC1. The second-order valence-electron chi connectivity index (χ2n) is 2.57. The second-order valence-corrected chi connectivity index (χ2v) is 4.87. The van der Waals surface area contributed by atoms with E-state index in [4.69, 9.17) is 0 Å². The molecule has 0 aromatic carbocycles. The van der Waals surface area contributed by atoms with Gasteiger partial charge in [-0.15, -0.1) is 0 Å². The van der Waals surface area contributed by atoms with Crippen molar-refractivity contribution in [1.82, 2.24) is 0 Å². The number of hydrogen-bond acceptors (Lipinski definition) is 2. The van der Waals surface area contributed by atoms with Gasteiger partial charge in [0.05, 0.1) is 11.5 Å². The third kappa shape index (κ3) is 4.79. The summed E-state index contributed by atoms with van der Waals surface area (Å²) in [6.45, 7) is 4.25. The van der Waals surface area contributed by atoms with Crippen molar-refractivity contribution in [3.63, 3.8) is 0 Å². The molecule has 0 N–H and O–H groups in total. The minimum absolute atomic E-state index is 0.424. The van der Waals surface area contributed by atoms with Gasteiger partial charge in [0.1, 0.15) is 9.84 Å². The van der Waals surface area contributed by atoms with Gasteiger partial charge in [0.25, 0.3) is 0 Å². The third-order valence-electron chi connectivity index (χ3n) is 1.16. The highest BCUT2D eigenvalue weighted by molar-refractivity contribution is 7.91. The average Bonchev–Trinajstić information content (AvgIpc) is 2.16. The molecule has 1 aliphatic rings. The van der Waals surface area contributed by atoms with Crippen molar-refractivity contribution in [1.29, 1.82) is 0 Å². The summed E-state index contributed by atoms with van der Waals surface area (Å²) in [6.07, 6.45) is 3.00. The zero-order valence-electron chi connectivity index (χ0n) is 6.76. The van der Waals surface area contributed by atoms with Crippen LogP contribution >= 0.6 is 0 Å². The maximum atomic E-state index is 10.4. The van der Waals surface area contributed by atoms with E-state index < -0.39 is 9.84 Å². The van der Waals surface area contributed by atoms with Crippen molar-refractivity contribution in [3.8, 4) is 0 Å². The Morgan fingerprint density at radius 3 is 1.50 bits per heavy atom. The van der Waals surface area contributed by atoms with Crippen molar-refractivity contribution in [2.75, 3.05) is 11.5 Å². The van der Waals surface area contributed by atoms with E-state index in [1.165, 1.54) is 6.42 Å². The molecule has 62 valence electrons. The Kier molecular flexibility index (Phi) is 4.69. The maximum absolute atomic E-state index is 10.4. The molecule has 0 atom stereocenters. The van der Waals surface area contributed by atoms with Gasteiger partial charge in [-0.2, -0.15) is 0 Å². The summed E-state index contributed by atoms with van der Waals surface area (Å²) in [7, 11) is -2.55. The summed E-state index contributed by atoms with van der Waals surface area (Å²) in [5, 5.41) is 0. The van der Waals surface area contributed by atoms with Crippen LogP contribution in [-0.2, 0) is 9.84 Å². The summed E-state index contributed by atoms with van der Waals surface area (Å²) in [6, 6.07) is 0. The van der Waals surface area contributed by atoms with Crippen LogP contribution < -0.4 is 0 Å². The lowest BCUT2D eigenvalue weighted by atomic mass is 10.4. The van der Waals surface area contributed by atoms with Gasteiger partial charge in [-0.25, -0.2) is 8.42 Å². The van der Waals surface area contributed by atoms with Crippen LogP contribution in [-0.4, -0.2) is 19.9 Å². The van der Waals surface area contributed by atoms with E-state index in [1.807, 2.05) is 0 Å². The summed E-state index contributed by atoms with van der Waals surface area (Å²) < 4.78 is 20.9. The molecule has 0 amide bonds. The van der Waals surface area contributed by atoms with Gasteiger partial charge in [-0.05, 0) is 12.8 Å². The van der Waals surface area contributed by atoms with Crippen molar-refractivity contribution < 1.29 is 8.42 Å². The van der Waals surface area contributed by atoms with Crippen molar-refractivity contribution in [3.05, 3.63) is 0 Å². The molecular weight excluding hydrogens is 148 g/mol.